The summed E-state index contributed by atoms with van der Waals surface area (Å²) in [6.07, 6.45) is 1.80. The summed E-state index contributed by atoms with van der Waals surface area (Å²) in [4.78, 5) is 25.7. The Labute approximate surface area is 138 Å². The van der Waals surface area contributed by atoms with Gasteiger partial charge in [-0.15, -0.1) is 11.8 Å². The number of hydrogen-bond acceptors (Lipinski definition) is 5. The van der Waals surface area contributed by atoms with E-state index in [1.165, 1.54) is 11.8 Å². The number of benzene rings is 1. The third kappa shape index (κ3) is 2.96. The molecule has 23 heavy (non-hydrogen) atoms. The summed E-state index contributed by atoms with van der Waals surface area (Å²) < 4.78 is 6.76. The molecular weight excluding hydrogens is 314 g/mol. The summed E-state index contributed by atoms with van der Waals surface area (Å²) in [5, 5.41) is 4.17. The minimum atomic E-state index is -0.467. The molecule has 0 aliphatic carbocycles. The van der Waals surface area contributed by atoms with Crippen LogP contribution in [0.4, 0.5) is 0 Å². The van der Waals surface area contributed by atoms with E-state index in [1.54, 1.807) is 29.7 Å². The molecule has 120 valence electrons. The normalized spacial score (nSPS) is 17.6. The number of para-hydroxylation sites is 1. The van der Waals surface area contributed by atoms with E-state index in [0.717, 1.165) is 5.69 Å². The van der Waals surface area contributed by atoms with Crippen molar-refractivity contribution >= 4 is 23.6 Å². The minimum Gasteiger partial charge on any atom is -0.461 e. The van der Waals surface area contributed by atoms with Crippen molar-refractivity contribution in [2.75, 3.05) is 19.4 Å². The van der Waals surface area contributed by atoms with Crippen molar-refractivity contribution in [2.24, 2.45) is 0 Å². The SMILES string of the molecule is CCOC(=O)c1nn(-c2ccccc2)cc1[C@H]1SCC(=O)N1C. The molecule has 0 bridgehead atoms. The molecule has 2 aromatic rings. The molecule has 0 N–H and O–H groups in total. The molecule has 6 nitrogen and oxygen atoms in total. The lowest BCUT2D eigenvalue weighted by molar-refractivity contribution is -0.126. The fourth-order valence-electron chi connectivity index (χ4n) is 2.43. The van der Waals surface area contributed by atoms with Gasteiger partial charge in [-0.3, -0.25) is 4.79 Å². The van der Waals surface area contributed by atoms with Crippen LogP contribution in [0.3, 0.4) is 0 Å². The van der Waals surface area contributed by atoms with Crippen LogP contribution in [0.1, 0.15) is 28.3 Å². The Morgan fingerprint density at radius 1 is 1.39 bits per heavy atom. The van der Waals surface area contributed by atoms with Gasteiger partial charge in [0, 0.05) is 18.8 Å². The van der Waals surface area contributed by atoms with Gasteiger partial charge in [-0.1, -0.05) is 18.2 Å². The number of aromatic nitrogens is 2. The van der Waals surface area contributed by atoms with Gasteiger partial charge in [-0.05, 0) is 19.1 Å². The van der Waals surface area contributed by atoms with Gasteiger partial charge in [-0.25, -0.2) is 9.48 Å². The maximum Gasteiger partial charge on any atom is 0.359 e. The van der Waals surface area contributed by atoms with E-state index in [0.29, 0.717) is 11.3 Å². The molecule has 1 aliphatic rings. The van der Waals surface area contributed by atoms with Crippen LogP contribution in [0.15, 0.2) is 36.5 Å². The van der Waals surface area contributed by atoms with Crippen LogP contribution >= 0.6 is 11.8 Å². The van der Waals surface area contributed by atoms with E-state index in [9.17, 15) is 9.59 Å². The lowest BCUT2D eigenvalue weighted by atomic mass is 10.2. The number of amides is 1. The largest absolute Gasteiger partial charge is 0.461 e. The van der Waals surface area contributed by atoms with Gasteiger partial charge in [0.15, 0.2) is 5.69 Å². The summed E-state index contributed by atoms with van der Waals surface area (Å²) in [5.41, 5.74) is 1.81. The predicted octanol–water partition coefficient (Wildman–Crippen LogP) is 2.25. The Hall–Kier alpha value is -2.28. The second kappa shape index (κ2) is 6.45. The van der Waals surface area contributed by atoms with Crippen molar-refractivity contribution in [3.05, 3.63) is 47.8 Å². The van der Waals surface area contributed by atoms with E-state index in [1.807, 2.05) is 30.3 Å². The van der Waals surface area contributed by atoms with Gasteiger partial charge in [0.1, 0.15) is 5.37 Å². The van der Waals surface area contributed by atoms with Crippen molar-refractivity contribution in [2.45, 2.75) is 12.3 Å². The Kier molecular flexibility index (Phi) is 4.38. The first kappa shape index (κ1) is 15.6. The van der Waals surface area contributed by atoms with Crippen molar-refractivity contribution in [1.29, 1.82) is 0 Å². The van der Waals surface area contributed by atoms with Crippen LogP contribution in [0.25, 0.3) is 5.69 Å². The predicted molar refractivity (Wildman–Crippen MR) is 87.5 cm³/mol. The van der Waals surface area contributed by atoms with Gasteiger partial charge < -0.3 is 9.64 Å². The number of carbonyl (C=O) groups is 2. The van der Waals surface area contributed by atoms with Gasteiger partial charge in [0.25, 0.3) is 0 Å². The number of carbonyl (C=O) groups excluding carboxylic acids is 2. The van der Waals surface area contributed by atoms with E-state index >= 15 is 0 Å². The number of rotatable bonds is 4. The van der Waals surface area contributed by atoms with Crippen LogP contribution in [-0.4, -0.2) is 46.0 Å². The van der Waals surface area contributed by atoms with E-state index < -0.39 is 5.97 Å². The molecule has 2 heterocycles. The second-order valence-electron chi connectivity index (χ2n) is 5.10. The van der Waals surface area contributed by atoms with Crippen LogP contribution < -0.4 is 0 Å². The third-order valence-electron chi connectivity index (χ3n) is 3.61. The fraction of sp³-hybridized carbons (Fsp3) is 0.312. The van der Waals surface area contributed by atoms with Crippen molar-refractivity contribution in [3.8, 4) is 5.69 Å². The van der Waals surface area contributed by atoms with Gasteiger partial charge in [0.2, 0.25) is 5.91 Å². The monoisotopic (exact) mass is 331 g/mol. The minimum absolute atomic E-state index is 0.0438. The molecule has 1 aromatic heterocycles. The van der Waals surface area contributed by atoms with Gasteiger partial charge >= 0.3 is 5.97 Å². The first-order chi connectivity index (χ1) is 11.1. The molecule has 1 atom stereocenters. The van der Waals surface area contributed by atoms with Crippen LogP contribution in [0.2, 0.25) is 0 Å². The lowest BCUT2D eigenvalue weighted by Crippen LogP contribution is -2.24. The maximum atomic E-state index is 12.2. The smallest absolute Gasteiger partial charge is 0.359 e. The number of hydrogen-bond donors (Lipinski definition) is 0. The van der Waals surface area contributed by atoms with Crippen LogP contribution in [0, 0.1) is 0 Å². The molecule has 7 heteroatoms. The highest BCUT2D eigenvalue weighted by Crippen LogP contribution is 2.39. The maximum absolute atomic E-state index is 12.2. The Morgan fingerprint density at radius 2 is 2.13 bits per heavy atom. The zero-order valence-electron chi connectivity index (χ0n) is 12.9. The topological polar surface area (TPSA) is 64.4 Å². The van der Waals surface area contributed by atoms with Crippen LogP contribution in [0.5, 0.6) is 0 Å². The highest BCUT2D eigenvalue weighted by atomic mass is 32.2. The summed E-state index contributed by atoms with van der Waals surface area (Å²) in [6, 6.07) is 9.53. The fourth-order valence-corrected chi connectivity index (χ4v) is 3.63. The molecule has 1 fully saturated rings. The molecule has 0 saturated carbocycles. The Morgan fingerprint density at radius 3 is 2.74 bits per heavy atom. The molecule has 1 aromatic carbocycles. The molecule has 1 aliphatic heterocycles. The number of ether oxygens (including phenoxy) is 1. The van der Waals surface area contributed by atoms with Crippen molar-refractivity contribution < 1.29 is 14.3 Å². The first-order valence-electron chi connectivity index (χ1n) is 7.31. The molecule has 0 unspecified atom stereocenters. The van der Waals surface area contributed by atoms with E-state index in [4.69, 9.17) is 4.74 Å². The molecule has 1 saturated heterocycles. The second-order valence-corrected chi connectivity index (χ2v) is 6.17. The molecular formula is C16H17N3O3S. The zero-order chi connectivity index (χ0) is 16.4. The molecule has 0 spiro atoms. The number of nitrogens with zero attached hydrogens (tertiary/aromatic N) is 3. The summed E-state index contributed by atoms with van der Waals surface area (Å²) >= 11 is 1.49. The first-order valence-corrected chi connectivity index (χ1v) is 8.36. The zero-order valence-corrected chi connectivity index (χ0v) is 13.7. The average molecular weight is 331 g/mol. The third-order valence-corrected chi connectivity index (χ3v) is 4.91. The van der Waals surface area contributed by atoms with Crippen LogP contribution in [-0.2, 0) is 9.53 Å². The molecule has 1 amide bonds. The standard InChI is InChI=1S/C16H17N3O3S/c1-3-22-16(21)14-12(15-18(2)13(20)10-23-15)9-19(17-14)11-7-5-4-6-8-11/h4-9,15H,3,10H2,1-2H3/t15-/m1/s1. The Bertz CT molecular complexity index is 729. The van der Waals surface area contributed by atoms with Gasteiger partial charge in [0.05, 0.1) is 18.0 Å². The lowest BCUT2D eigenvalue weighted by Gasteiger charge is -2.18. The van der Waals surface area contributed by atoms with Crippen molar-refractivity contribution in [3.63, 3.8) is 0 Å². The quantitative estimate of drug-likeness (QED) is 0.804. The summed E-state index contributed by atoms with van der Waals surface area (Å²) in [6.45, 7) is 2.04. The molecule has 3 rings (SSSR count). The van der Waals surface area contributed by atoms with E-state index in [-0.39, 0.29) is 23.6 Å². The van der Waals surface area contributed by atoms with Crippen molar-refractivity contribution in [1.82, 2.24) is 14.7 Å². The molecule has 0 radical (unpaired) electrons. The number of thioether (sulfide) groups is 1. The van der Waals surface area contributed by atoms with E-state index in [2.05, 4.69) is 5.10 Å². The highest BCUT2D eigenvalue weighted by molar-refractivity contribution is 8.00. The Balaban J connectivity index is 2.04. The average Bonchev–Trinajstić information content (AvgIpc) is 3.13. The number of esters is 1. The summed E-state index contributed by atoms with van der Waals surface area (Å²) in [7, 11) is 1.74. The summed E-state index contributed by atoms with van der Waals surface area (Å²) in [5.74, 6) is -0.0206. The highest BCUT2D eigenvalue weighted by Gasteiger charge is 2.35. The van der Waals surface area contributed by atoms with Gasteiger partial charge in [-0.2, -0.15) is 5.10 Å².